The molecule has 0 radical (unpaired) electrons. The molecule has 1 aliphatic rings. The Morgan fingerprint density at radius 1 is 0.568 bits per heavy atom. The van der Waals surface area contributed by atoms with E-state index in [1.54, 1.807) is 0 Å². The first-order valence-electron chi connectivity index (χ1n) is 14.9. The zero-order valence-electron chi connectivity index (χ0n) is 23.8. The summed E-state index contributed by atoms with van der Waals surface area (Å²) in [5.74, 6) is 0.854. The van der Waals surface area contributed by atoms with Crippen LogP contribution in [0.2, 0.25) is 0 Å². The molecule has 0 amide bonds. The zero-order valence-corrected chi connectivity index (χ0v) is 23.8. The zero-order chi connectivity index (χ0) is 29.0. The van der Waals surface area contributed by atoms with Gasteiger partial charge in [-0.2, -0.15) is 0 Å². The van der Waals surface area contributed by atoms with Gasteiger partial charge in [-0.05, 0) is 41.5 Å². The average molecular weight is 566 g/mol. The van der Waals surface area contributed by atoms with Crippen molar-refractivity contribution >= 4 is 55.3 Å². The summed E-state index contributed by atoms with van der Waals surface area (Å²) < 4.78 is 9.09. The molecule has 0 spiro atoms. The number of nitrogens with one attached hydrogen (secondary N) is 1. The molecule has 0 saturated heterocycles. The first kappa shape index (κ1) is 24.7. The molecule has 9 rings (SSSR count). The molecule has 1 aliphatic heterocycles. The monoisotopic (exact) mass is 565 g/mol. The molecule has 0 bridgehead atoms. The van der Waals surface area contributed by atoms with Crippen molar-refractivity contribution in [3.63, 3.8) is 0 Å². The molecule has 4 nitrogen and oxygen atoms in total. The predicted molar refractivity (Wildman–Crippen MR) is 181 cm³/mol. The van der Waals surface area contributed by atoms with Gasteiger partial charge in [0.1, 0.15) is 11.4 Å². The number of hydrogen-bond donors (Lipinski definition) is 1. The third-order valence-electron chi connectivity index (χ3n) is 8.65. The van der Waals surface area contributed by atoms with Crippen molar-refractivity contribution in [3.05, 3.63) is 168 Å². The topological polar surface area (TPSA) is 42.5 Å². The second-order valence-corrected chi connectivity index (χ2v) is 11.2. The third-order valence-corrected chi connectivity index (χ3v) is 8.65. The summed E-state index contributed by atoms with van der Waals surface area (Å²) in [5.41, 5.74) is 9.41. The van der Waals surface area contributed by atoms with Crippen molar-refractivity contribution < 1.29 is 4.42 Å². The SMILES string of the molecule is C1=C(c2ccccc2)NC(c2ccccc2)=NC1c1cccc2oc3c(-n4c5ccccc5c5ccccc54)cccc3c12. The molecule has 0 aliphatic carbocycles. The lowest BCUT2D eigenvalue weighted by Gasteiger charge is -2.23. The summed E-state index contributed by atoms with van der Waals surface area (Å²) >= 11 is 0. The van der Waals surface area contributed by atoms with Gasteiger partial charge in [0.2, 0.25) is 0 Å². The van der Waals surface area contributed by atoms with Crippen LogP contribution in [0.15, 0.2) is 161 Å². The second-order valence-electron chi connectivity index (χ2n) is 11.2. The Bertz CT molecular complexity index is 2300. The average Bonchev–Trinajstić information content (AvgIpc) is 3.65. The van der Waals surface area contributed by atoms with E-state index in [9.17, 15) is 0 Å². The highest BCUT2D eigenvalue weighted by molar-refractivity contribution is 6.13. The number of aliphatic imine (C=N–C) groups is 1. The molecule has 6 aromatic carbocycles. The lowest BCUT2D eigenvalue weighted by atomic mass is 9.96. The maximum atomic E-state index is 6.75. The van der Waals surface area contributed by atoms with Gasteiger partial charge in [-0.3, -0.25) is 4.99 Å². The van der Waals surface area contributed by atoms with Crippen molar-refractivity contribution in [3.8, 4) is 5.69 Å². The Labute approximate surface area is 254 Å². The number of fused-ring (bicyclic) bond motifs is 6. The molecule has 208 valence electrons. The third kappa shape index (κ3) is 3.81. The Kier molecular flexibility index (Phi) is 5.53. The predicted octanol–water partition coefficient (Wildman–Crippen LogP) is 9.82. The fraction of sp³-hybridized carbons (Fsp3) is 0.0250. The fourth-order valence-electron chi connectivity index (χ4n) is 6.69. The van der Waals surface area contributed by atoms with E-state index in [0.717, 1.165) is 66.9 Å². The molecule has 0 fully saturated rings. The van der Waals surface area contributed by atoms with Crippen LogP contribution in [0.25, 0.3) is 55.1 Å². The van der Waals surface area contributed by atoms with Crippen LogP contribution in [-0.2, 0) is 0 Å². The van der Waals surface area contributed by atoms with E-state index < -0.39 is 0 Å². The lowest BCUT2D eigenvalue weighted by molar-refractivity contribution is 0.666. The highest BCUT2D eigenvalue weighted by Gasteiger charge is 2.24. The van der Waals surface area contributed by atoms with Gasteiger partial charge in [0.15, 0.2) is 5.58 Å². The van der Waals surface area contributed by atoms with Gasteiger partial charge >= 0.3 is 0 Å². The number of rotatable bonds is 4. The van der Waals surface area contributed by atoms with Gasteiger partial charge in [-0.1, -0.05) is 121 Å². The summed E-state index contributed by atoms with van der Waals surface area (Å²) in [7, 11) is 0. The number of para-hydroxylation sites is 3. The molecular weight excluding hydrogens is 538 g/mol. The van der Waals surface area contributed by atoms with Crippen LogP contribution in [0, 0.1) is 0 Å². The van der Waals surface area contributed by atoms with Gasteiger partial charge < -0.3 is 14.3 Å². The van der Waals surface area contributed by atoms with Crippen molar-refractivity contribution in [1.82, 2.24) is 9.88 Å². The van der Waals surface area contributed by atoms with Gasteiger partial charge in [-0.15, -0.1) is 0 Å². The quantitative estimate of drug-likeness (QED) is 0.231. The van der Waals surface area contributed by atoms with E-state index in [4.69, 9.17) is 9.41 Å². The molecule has 44 heavy (non-hydrogen) atoms. The summed E-state index contributed by atoms with van der Waals surface area (Å²) in [4.78, 5) is 5.27. The fourth-order valence-corrected chi connectivity index (χ4v) is 6.69. The van der Waals surface area contributed by atoms with E-state index in [2.05, 4.69) is 149 Å². The van der Waals surface area contributed by atoms with Gasteiger partial charge in [0.05, 0.1) is 22.8 Å². The van der Waals surface area contributed by atoms with Gasteiger partial charge in [-0.25, -0.2) is 0 Å². The van der Waals surface area contributed by atoms with E-state index in [1.807, 2.05) is 12.1 Å². The Hall–Kier alpha value is -5.87. The van der Waals surface area contributed by atoms with Crippen molar-refractivity contribution in [2.45, 2.75) is 6.04 Å². The van der Waals surface area contributed by atoms with Crippen molar-refractivity contribution in [2.75, 3.05) is 0 Å². The molecule has 0 saturated carbocycles. The normalized spacial score (nSPS) is 15.0. The summed E-state index contributed by atoms with van der Waals surface area (Å²) in [6.45, 7) is 0. The number of nitrogens with zero attached hydrogens (tertiary/aromatic N) is 2. The van der Waals surface area contributed by atoms with Crippen LogP contribution in [0.3, 0.4) is 0 Å². The molecule has 1 unspecified atom stereocenters. The van der Waals surface area contributed by atoms with Crippen LogP contribution < -0.4 is 5.32 Å². The number of aromatic nitrogens is 1. The molecule has 1 atom stereocenters. The number of hydrogen-bond acceptors (Lipinski definition) is 3. The highest BCUT2D eigenvalue weighted by atomic mass is 16.3. The minimum atomic E-state index is -0.206. The van der Waals surface area contributed by atoms with Crippen molar-refractivity contribution in [1.29, 1.82) is 0 Å². The minimum Gasteiger partial charge on any atom is -0.454 e. The van der Waals surface area contributed by atoms with E-state index >= 15 is 0 Å². The molecule has 2 aromatic heterocycles. The Balaban J connectivity index is 1.29. The smallest absolute Gasteiger partial charge is 0.159 e. The maximum Gasteiger partial charge on any atom is 0.159 e. The summed E-state index contributed by atoms with van der Waals surface area (Å²) in [5, 5.41) is 8.25. The van der Waals surface area contributed by atoms with Crippen LogP contribution >= 0.6 is 0 Å². The van der Waals surface area contributed by atoms with Gasteiger partial charge in [0.25, 0.3) is 0 Å². The Morgan fingerprint density at radius 3 is 1.91 bits per heavy atom. The van der Waals surface area contributed by atoms with Crippen LogP contribution in [0.5, 0.6) is 0 Å². The molecule has 1 N–H and O–H groups in total. The Morgan fingerprint density at radius 2 is 1.18 bits per heavy atom. The van der Waals surface area contributed by atoms with Crippen LogP contribution in [0.1, 0.15) is 22.7 Å². The van der Waals surface area contributed by atoms with Crippen LogP contribution in [0.4, 0.5) is 0 Å². The largest absolute Gasteiger partial charge is 0.454 e. The van der Waals surface area contributed by atoms with Crippen molar-refractivity contribution in [2.24, 2.45) is 4.99 Å². The summed E-state index contributed by atoms with van der Waals surface area (Å²) in [6, 6.07) is 50.6. The maximum absolute atomic E-state index is 6.75. The second kappa shape index (κ2) is 9.85. The van der Waals surface area contributed by atoms with Gasteiger partial charge in [0, 0.05) is 32.8 Å². The standard InChI is InChI=1S/C40H27N3O/c1-3-13-26(14-4-1)32-25-33(42-40(41-32)27-15-5-2-6-16-27)30-19-12-24-37-38(30)31-20-11-23-36(39(31)44-37)43-34-21-9-7-17-28(34)29-18-8-10-22-35(29)43/h1-25,33H,(H,41,42). The molecule has 8 aromatic rings. The lowest BCUT2D eigenvalue weighted by Crippen LogP contribution is -2.27. The van der Waals surface area contributed by atoms with E-state index in [1.165, 1.54) is 10.8 Å². The van der Waals surface area contributed by atoms with E-state index in [-0.39, 0.29) is 6.04 Å². The minimum absolute atomic E-state index is 0.206. The summed E-state index contributed by atoms with van der Waals surface area (Å²) in [6.07, 6.45) is 2.23. The first-order chi connectivity index (χ1) is 21.8. The molecule has 3 heterocycles. The number of amidine groups is 1. The number of benzene rings is 6. The molecule has 4 heteroatoms. The van der Waals surface area contributed by atoms with E-state index in [0.29, 0.717) is 0 Å². The first-order valence-corrected chi connectivity index (χ1v) is 14.9. The number of furan rings is 1. The highest BCUT2D eigenvalue weighted by Crippen LogP contribution is 2.41. The van der Waals surface area contributed by atoms with Crippen LogP contribution in [-0.4, -0.2) is 10.4 Å². The molecular formula is C40H27N3O.